The summed E-state index contributed by atoms with van der Waals surface area (Å²) in [6, 6.07) is 4.08. The quantitative estimate of drug-likeness (QED) is 0.269. The van der Waals surface area contributed by atoms with Gasteiger partial charge in [0.25, 0.3) is 5.91 Å². The van der Waals surface area contributed by atoms with Crippen molar-refractivity contribution in [2.24, 2.45) is 17.1 Å². The molecule has 0 radical (unpaired) electrons. The summed E-state index contributed by atoms with van der Waals surface area (Å²) in [4.78, 5) is 73.2. The van der Waals surface area contributed by atoms with Crippen molar-refractivity contribution in [1.29, 1.82) is 0 Å². The number of halogens is 1. The van der Waals surface area contributed by atoms with Crippen LogP contribution in [-0.4, -0.2) is 64.6 Å². The predicted molar refractivity (Wildman–Crippen MR) is 170 cm³/mol. The molecule has 12 heteroatoms. The molecule has 1 aliphatic carbocycles. The van der Waals surface area contributed by atoms with E-state index in [2.05, 4.69) is 16.1 Å². The van der Waals surface area contributed by atoms with Crippen molar-refractivity contribution < 1.29 is 28.8 Å². The molecule has 45 heavy (non-hydrogen) atoms. The highest BCUT2D eigenvalue weighted by molar-refractivity contribution is 6.37. The number of likely N-dealkylation sites (tertiary alicyclic amines) is 1. The molecule has 2 aliphatic heterocycles. The molecule has 11 nitrogen and oxygen atoms in total. The normalized spacial score (nSPS) is 23.2. The lowest BCUT2D eigenvalue weighted by molar-refractivity contribution is -0.145. The fourth-order valence-corrected chi connectivity index (χ4v) is 6.70. The smallest absolute Gasteiger partial charge is 0.287 e. The molecule has 1 saturated heterocycles. The van der Waals surface area contributed by atoms with Crippen LogP contribution in [0.15, 0.2) is 30.3 Å². The highest BCUT2D eigenvalue weighted by Crippen LogP contribution is 2.39. The number of hydroxylamine groups is 1. The molecule has 1 spiro atoms. The second-order valence-corrected chi connectivity index (χ2v) is 14.1. The van der Waals surface area contributed by atoms with E-state index >= 15 is 0 Å². The van der Waals surface area contributed by atoms with Crippen LogP contribution >= 0.6 is 11.6 Å². The zero-order valence-electron chi connectivity index (χ0n) is 26.6. The average Bonchev–Trinajstić information content (AvgIpc) is 3.58. The molecule has 246 valence electrons. The van der Waals surface area contributed by atoms with Gasteiger partial charge < -0.3 is 21.3 Å². The summed E-state index contributed by atoms with van der Waals surface area (Å²) in [7, 11) is 0. The Morgan fingerprint density at radius 1 is 1.13 bits per heavy atom. The Balaban J connectivity index is 1.63. The molecule has 3 aliphatic rings. The first-order valence-corrected chi connectivity index (χ1v) is 16.3. The second kappa shape index (κ2) is 14.3. The lowest BCUT2D eigenvalue weighted by Gasteiger charge is -2.36. The molecule has 1 aromatic rings. The van der Waals surface area contributed by atoms with Gasteiger partial charge in [0, 0.05) is 23.4 Å². The minimum Gasteiger partial charge on any atom is -0.363 e. The van der Waals surface area contributed by atoms with Gasteiger partial charge in [0.2, 0.25) is 23.5 Å². The van der Waals surface area contributed by atoms with Crippen molar-refractivity contribution in [2.75, 3.05) is 6.54 Å². The fraction of sp³-hybridized carbons (Fsp3) is 0.606. The third-order valence-corrected chi connectivity index (χ3v) is 9.15. The zero-order valence-corrected chi connectivity index (χ0v) is 27.4. The Labute approximate surface area is 270 Å². The summed E-state index contributed by atoms with van der Waals surface area (Å²) in [6.45, 7) is 7.42. The number of hydrogen-bond acceptors (Lipinski definition) is 7. The first-order chi connectivity index (χ1) is 21.2. The second-order valence-electron chi connectivity index (χ2n) is 13.7. The molecule has 4 amide bonds. The Hall–Kier alpha value is -3.44. The fourth-order valence-electron chi connectivity index (χ4n) is 6.51. The number of amides is 4. The van der Waals surface area contributed by atoms with Crippen LogP contribution in [0.1, 0.15) is 91.0 Å². The average molecular weight is 644 g/mol. The van der Waals surface area contributed by atoms with E-state index in [1.165, 1.54) is 11.3 Å². The van der Waals surface area contributed by atoms with Crippen LogP contribution < -0.4 is 21.8 Å². The Bertz CT molecular complexity index is 1340. The molecule has 1 aromatic carbocycles. The standard InChI is InChI=1S/C33H46ClN5O6/c1-5-10-23(27(41)29(35)42)36-30(43)25-18-33(17-24(38-45-33)21-13-9-14-22(34)16-21)19-39(25)31(44)28(32(2,3)4)37-26(40)15-20-11-7-6-8-12-20/h9,13-14,16-17,20,23,25,28,38H,5-8,10-12,15,18-19H2,1-4H3,(H2,35,42)(H,36,43)(H,37,40)/t23-,25-,28+,33+/m0/s1. The van der Waals surface area contributed by atoms with Gasteiger partial charge in [-0.25, -0.2) is 0 Å². The van der Waals surface area contributed by atoms with E-state index in [0.717, 1.165) is 31.2 Å². The number of carbonyl (C=O) groups excluding carboxylic acids is 5. The number of hydrogen-bond donors (Lipinski definition) is 4. The van der Waals surface area contributed by atoms with Gasteiger partial charge in [-0.2, -0.15) is 0 Å². The van der Waals surface area contributed by atoms with Gasteiger partial charge in [0.15, 0.2) is 0 Å². The van der Waals surface area contributed by atoms with Crippen molar-refractivity contribution in [2.45, 2.75) is 109 Å². The molecule has 2 heterocycles. The SMILES string of the molecule is CCC[C@H](NC(=O)[C@@H]1C[C@]2(C=C(c3cccc(Cl)c3)NO2)CN1C(=O)[C@@H](NC(=O)CC1CCCCC1)C(C)(C)C)C(=O)C(N)=O. The third-order valence-electron chi connectivity index (χ3n) is 8.92. The van der Waals surface area contributed by atoms with Gasteiger partial charge in [-0.15, -0.1) is 0 Å². The maximum absolute atomic E-state index is 14.4. The monoisotopic (exact) mass is 643 g/mol. The van der Waals surface area contributed by atoms with E-state index in [0.29, 0.717) is 23.6 Å². The summed E-state index contributed by atoms with van der Waals surface area (Å²) in [5, 5.41) is 6.20. The molecule has 0 aromatic heterocycles. The molecule has 4 atom stereocenters. The maximum Gasteiger partial charge on any atom is 0.287 e. The van der Waals surface area contributed by atoms with Crippen LogP contribution in [0.25, 0.3) is 5.70 Å². The van der Waals surface area contributed by atoms with E-state index < -0.39 is 52.6 Å². The first-order valence-electron chi connectivity index (χ1n) is 15.9. The summed E-state index contributed by atoms with van der Waals surface area (Å²) in [6.07, 6.45) is 8.33. The molecule has 2 fully saturated rings. The number of rotatable bonds is 11. The zero-order chi connectivity index (χ0) is 32.9. The molecular formula is C33H46ClN5O6. The number of primary amides is 1. The van der Waals surface area contributed by atoms with E-state index in [1.807, 2.05) is 39.8 Å². The van der Waals surface area contributed by atoms with E-state index in [4.69, 9.17) is 22.2 Å². The van der Waals surface area contributed by atoms with Crippen molar-refractivity contribution in [3.63, 3.8) is 0 Å². The number of carbonyl (C=O) groups is 5. The molecule has 0 bridgehead atoms. The lowest BCUT2D eigenvalue weighted by Crippen LogP contribution is -2.59. The molecule has 4 rings (SSSR count). The van der Waals surface area contributed by atoms with E-state index in [-0.39, 0.29) is 31.2 Å². The first kappa shape index (κ1) is 34.4. The predicted octanol–water partition coefficient (Wildman–Crippen LogP) is 3.40. The van der Waals surface area contributed by atoms with Gasteiger partial charge in [-0.3, -0.25) is 34.3 Å². The summed E-state index contributed by atoms with van der Waals surface area (Å²) >= 11 is 6.21. The van der Waals surface area contributed by atoms with E-state index in [9.17, 15) is 24.0 Å². The number of nitrogens with one attached hydrogen (secondary N) is 3. The lowest BCUT2D eigenvalue weighted by atomic mass is 9.84. The van der Waals surface area contributed by atoms with Crippen molar-refractivity contribution in [1.82, 2.24) is 21.0 Å². The minimum atomic E-state index is -1.14. The summed E-state index contributed by atoms with van der Waals surface area (Å²) < 4.78 is 0. The van der Waals surface area contributed by atoms with Gasteiger partial charge >= 0.3 is 0 Å². The summed E-state index contributed by atoms with van der Waals surface area (Å²) in [5.74, 6) is -2.99. The van der Waals surface area contributed by atoms with Crippen LogP contribution in [0.2, 0.25) is 5.02 Å². The number of nitrogens with zero attached hydrogens (tertiary/aromatic N) is 1. The van der Waals surface area contributed by atoms with Gasteiger partial charge in [-0.05, 0) is 48.8 Å². The largest absolute Gasteiger partial charge is 0.363 e. The Kier molecular flexibility index (Phi) is 11.0. The highest BCUT2D eigenvalue weighted by Gasteiger charge is 2.54. The van der Waals surface area contributed by atoms with Gasteiger partial charge in [0.05, 0.1) is 18.3 Å². The van der Waals surface area contributed by atoms with E-state index in [1.54, 1.807) is 18.2 Å². The minimum absolute atomic E-state index is 0.00821. The maximum atomic E-state index is 14.4. The summed E-state index contributed by atoms with van der Waals surface area (Å²) in [5.41, 5.74) is 7.82. The number of nitrogens with two attached hydrogens (primary N) is 1. The Morgan fingerprint density at radius 2 is 1.84 bits per heavy atom. The van der Waals surface area contributed by atoms with Crippen molar-refractivity contribution in [3.8, 4) is 0 Å². The Morgan fingerprint density at radius 3 is 2.47 bits per heavy atom. The molecule has 5 N–H and O–H groups in total. The number of Topliss-reactive ketones (excluding diaryl/α,β-unsaturated/α-hetero) is 1. The molecular weight excluding hydrogens is 598 g/mol. The third kappa shape index (κ3) is 8.43. The number of ketones is 1. The highest BCUT2D eigenvalue weighted by atomic mass is 35.5. The number of benzene rings is 1. The van der Waals surface area contributed by atoms with Crippen LogP contribution in [0, 0.1) is 11.3 Å². The van der Waals surface area contributed by atoms with Crippen LogP contribution in [-0.2, 0) is 28.8 Å². The van der Waals surface area contributed by atoms with Gasteiger partial charge in [-0.1, -0.05) is 77.1 Å². The van der Waals surface area contributed by atoms with Crippen LogP contribution in [0.3, 0.4) is 0 Å². The molecule has 0 unspecified atom stereocenters. The van der Waals surface area contributed by atoms with Crippen LogP contribution in [0.4, 0.5) is 0 Å². The van der Waals surface area contributed by atoms with Crippen molar-refractivity contribution in [3.05, 3.63) is 40.9 Å². The van der Waals surface area contributed by atoms with Crippen LogP contribution in [0.5, 0.6) is 0 Å². The van der Waals surface area contributed by atoms with Crippen molar-refractivity contribution >= 4 is 46.7 Å². The van der Waals surface area contributed by atoms with Gasteiger partial charge in [0.1, 0.15) is 17.7 Å². The molecule has 1 saturated carbocycles. The topological polar surface area (TPSA) is 160 Å².